The molecule has 0 amide bonds. The lowest BCUT2D eigenvalue weighted by molar-refractivity contribution is 0.521. The molecule has 2 N–H and O–H groups in total. The maximum absolute atomic E-state index is 11.8. The predicted molar refractivity (Wildman–Crippen MR) is 63.7 cm³/mol. The minimum absolute atomic E-state index is 0.256. The Labute approximate surface area is 95.6 Å². The van der Waals surface area contributed by atoms with Crippen LogP contribution in [0.15, 0.2) is 34.3 Å². The van der Waals surface area contributed by atoms with Crippen molar-refractivity contribution in [3.63, 3.8) is 0 Å². The molecule has 0 radical (unpaired) electrons. The van der Waals surface area contributed by atoms with Crippen molar-refractivity contribution in [2.24, 2.45) is 10.9 Å². The molecule has 0 saturated heterocycles. The van der Waals surface area contributed by atoms with Crippen LogP contribution in [0.3, 0.4) is 0 Å². The molecule has 1 aromatic carbocycles. The number of hydrazone groups is 1. The van der Waals surface area contributed by atoms with Gasteiger partial charge in [-0.1, -0.05) is 12.1 Å². The van der Waals surface area contributed by atoms with Gasteiger partial charge in [-0.2, -0.15) is 5.10 Å². The summed E-state index contributed by atoms with van der Waals surface area (Å²) in [6.45, 7) is 1.76. The Hall–Kier alpha value is -1.40. The van der Waals surface area contributed by atoms with Crippen molar-refractivity contribution < 1.29 is 8.42 Å². The lowest BCUT2D eigenvalue weighted by atomic mass is 10.1. The second-order valence-electron chi connectivity index (χ2n) is 3.53. The van der Waals surface area contributed by atoms with E-state index in [9.17, 15) is 8.42 Å². The van der Waals surface area contributed by atoms with Crippen LogP contribution in [-0.2, 0) is 10.0 Å². The van der Waals surface area contributed by atoms with E-state index in [1.165, 1.54) is 18.4 Å². The van der Waals surface area contributed by atoms with Gasteiger partial charge in [0.2, 0.25) is 10.0 Å². The van der Waals surface area contributed by atoms with Crippen molar-refractivity contribution in [1.29, 1.82) is 0 Å². The highest BCUT2D eigenvalue weighted by atomic mass is 32.2. The first-order chi connectivity index (χ1) is 7.39. The second kappa shape index (κ2) is 4.63. The first-order valence-electron chi connectivity index (χ1n) is 4.67. The van der Waals surface area contributed by atoms with E-state index in [2.05, 4.69) is 5.10 Å². The van der Waals surface area contributed by atoms with Crippen molar-refractivity contribution >= 4 is 15.7 Å². The summed E-state index contributed by atoms with van der Waals surface area (Å²) < 4.78 is 24.7. The van der Waals surface area contributed by atoms with Gasteiger partial charge in [0.25, 0.3) is 0 Å². The van der Waals surface area contributed by atoms with E-state index in [0.29, 0.717) is 5.71 Å². The molecule has 0 atom stereocenters. The fourth-order valence-electron chi connectivity index (χ4n) is 1.15. The van der Waals surface area contributed by atoms with Crippen LogP contribution in [0.4, 0.5) is 0 Å². The van der Waals surface area contributed by atoms with Crippen molar-refractivity contribution in [3.8, 4) is 0 Å². The highest BCUT2D eigenvalue weighted by molar-refractivity contribution is 7.89. The van der Waals surface area contributed by atoms with Gasteiger partial charge in [-0.05, 0) is 24.6 Å². The number of rotatable bonds is 3. The SMILES string of the molecule is C/C(=N/N)c1ccc(S(=O)(=O)N(C)C)cc1. The standard InChI is InChI=1S/C10H15N3O2S/c1-8(12-11)9-4-6-10(7-5-9)16(14,15)13(2)3/h4-7H,11H2,1-3H3/b12-8-. The zero-order chi connectivity index (χ0) is 12.3. The first-order valence-corrected chi connectivity index (χ1v) is 6.11. The van der Waals surface area contributed by atoms with Gasteiger partial charge in [-0.3, -0.25) is 0 Å². The minimum Gasteiger partial charge on any atom is -0.323 e. The van der Waals surface area contributed by atoms with Gasteiger partial charge in [0.15, 0.2) is 0 Å². The Morgan fingerprint density at radius 3 is 2.12 bits per heavy atom. The molecule has 0 bridgehead atoms. The van der Waals surface area contributed by atoms with Crippen LogP contribution < -0.4 is 5.84 Å². The van der Waals surface area contributed by atoms with Gasteiger partial charge in [0.1, 0.15) is 0 Å². The Balaban J connectivity index is 3.15. The maximum Gasteiger partial charge on any atom is 0.242 e. The molecule has 88 valence electrons. The summed E-state index contributed by atoms with van der Waals surface area (Å²) in [5.41, 5.74) is 1.47. The smallest absolute Gasteiger partial charge is 0.242 e. The molecule has 0 aliphatic rings. The third-order valence-corrected chi connectivity index (χ3v) is 4.07. The summed E-state index contributed by atoms with van der Waals surface area (Å²) in [4.78, 5) is 0.256. The number of sulfonamides is 1. The van der Waals surface area contributed by atoms with Gasteiger partial charge in [0, 0.05) is 14.1 Å². The molecule has 5 nitrogen and oxygen atoms in total. The van der Waals surface area contributed by atoms with Crippen LogP contribution in [0, 0.1) is 0 Å². The first kappa shape index (κ1) is 12.7. The zero-order valence-electron chi connectivity index (χ0n) is 9.51. The molecule has 1 aromatic rings. The van der Waals surface area contributed by atoms with Crippen molar-refractivity contribution in [3.05, 3.63) is 29.8 Å². The molecule has 0 aliphatic heterocycles. The van der Waals surface area contributed by atoms with Crippen LogP contribution in [0.1, 0.15) is 12.5 Å². The van der Waals surface area contributed by atoms with Gasteiger partial charge in [-0.15, -0.1) is 0 Å². The van der Waals surface area contributed by atoms with Crippen LogP contribution in [0.25, 0.3) is 0 Å². The van der Waals surface area contributed by atoms with Crippen molar-refractivity contribution in [1.82, 2.24) is 4.31 Å². The van der Waals surface area contributed by atoms with Gasteiger partial charge in [0.05, 0.1) is 10.6 Å². The Morgan fingerprint density at radius 2 is 1.75 bits per heavy atom. The van der Waals surface area contributed by atoms with Crippen molar-refractivity contribution in [2.75, 3.05) is 14.1 Å². The van der Waals surface area contributed by atoms with E-state index in [-0.39, 0.29) is 4.90 Å². The largest absolute Gasteiger partial charge is 0.323 e. The highest BCUT2D eigenvalue weighted by Crippen LogP contribution is 2.14. The third-order valence-electron chi connectivity index (χ3n) is 2.24. The summed E-state index contributed by atoms with van der Waals surface area (Å²) >= 11 is 0. The van der Waals surface area contributed by atoms with E-state index >= 15 is 0 Å². The highest BCUT2D eigenvalue weighted by Gasteiger charge is 2.16. The topological polar surface area (TPSA) is 75.8 Å². The lowest BCUT2D eigenvalue weighted by Crippen LogP contribution is -2.22. The molecule has 1 rings (SSSR count). The van der Waals surface area contributed by atoms with Gasteiger partial charge >= 0.3 is 0 Å². The molecule has 0 spiro atoms. The molecule has 6 heteroatoms. The summed E-state index contributed by atoms with van der Waals surface area (Å²) in [5, 5.41) is 3.54. The number of nitrogens with zero attached hydrogens (tertiary/aromatic N) is 2. The monoisotopic (exact) mass is 241 g/mol. The lowest BCUT2D eigenvalue weighted by Gasteiger charge is -2.11. The number of benzene rings is 1. The quantitative estimate of drug-likeness (QED) is 0.479. The third kappa shape index (κ3) is 2.40. The van der Waals surface area contributed by atoms with E-state index in [4.69, 9.17) is 5.84 Å². The molecule has 0 unspecified atom stereocenters. The second-order valence-corrected chi connectivity index (χ2v) is 5.68. The van der Waals surface area contributed by atoms with Crippen LogP contribution in [0.2, 0.25) is 0 Å². The molecule has 0 aliphatic carbocycles. The molecular weight excluding hydrogens is 226 g/mol. The fourth-order valence-corrected chi connectivity index (χ4v) is 2.06. The molecule has 0 heterocycles. The Kier molecular flexibility index (Phi) is 3.66. The van der Waals surface area contributed by atoms with Gasteiger partial charge in [-0.25, -0.2) is 12.7 Å². The van der Waals surface area contributed by atoms with Crippen LogP contribution in [-0.4, -0.2) is 32.5 Å². The molecule has 16 heavy (non-hydrogen) atoms. The summed E-state index contributed by atoms with van der Waals surface area (Å²) in [6, 6.07) is 6.45. The predicted octanol–water partition coefficient (Wildman–Crippen LogP) is 0.620. The normalized spacial score (nSPS) is 13.1. The average Bonchev–Trinajstić information content (AvgIpc) is 2.28. The molecule has 0 aromatic heterocycles. The van der Waals surface area contributed by atoms with Gasteiger partial charge < -0.3 is 5.84 Å². The van der Waals surface area contributed by atoms with E-state index in [1.807, 2.05) is 0 Å². The Morgan fingerprint density at radius 1 is 1.25 bits per heavy atom. The molecular formula is C10H15N3O2S. The van der Waals surface area contributed by atoms with Crippen LogP contribution in [0.5, 0.6) is 0 Å². The number of nitrogens with two attached hydrogens (primary N) is 1. The van der Waals surface area contributed by atoms with E-state index < -0.39 is 10.0 Å². The van der Waals surface area contributed by atoms with Crippen LogP contribution >= 0.6 is 0 Å². The summed E-state index contributed by atoms with van der Waals surface area (Å²) in [7, 11) is -0.372. The Bertz CT molecular complexity index is 489. The van der Waals surface area contributed by atoms with E-state index in [1.54, 1.807) is 31.2 Å². The molecule has 0 saturated carbocycles. The number of hydrogen-bond donors (Lipinski definition) is 1. The minimum atomic E-state index is -3.36. The fraction of sp³-hybridized carbons (Fsp3) is 0.300. The molecule has 0 fully saturated rings. The average molecular weight is 241 g/mol. The van der Waals surface area contributed by atoms with Crippen molar-refractivity contribution in [2.45, 2.75) is 11.8 Å². The maximum atomic E-state index is 11.8. The summed E-state index contributed by atoms with van der Waals surface area (Å²) in [6.07, 6.45) is 0. The zero-order valence-corrected chi connectivity index (χ0v) is 10.3. The summed E-state index contributed by atoms with van der Waals surface area (Å²) in [5.74, 6) is 5.14. The number of hydrogen-bond acceptors (Lipinski definition) is 4. The van der Waals surface area contributed by atoms with E-state index in [0.717, 1.165) is 5.56 Å².